The average Bonchev–Trinajstić information content (AvgIpc) is 3.02. The lowest BCUT2D eigenvalue weighted by Crippen LogP contribution is -2.37. The Morgan fingerprint density at radius 1 is 1.33 bits per heavy atom. The van der Waals surface area contributed by atoms with E-state index in [9.17, 15) is 4.79 Å². The Bertz CT molecular complexity index is 708. The number of rotatable bonds is 6. The van der Waals surface area contributed by atoms with Crippen molar-refractivity contribution >= 4 is 11.9 Å². The minimum Gasteiger partial charge on any atom is -0.357 e. The second kappa shape index (κ2) is 8.66. The number of hydrogen-bond acceptors (Lipinski definition) is 4. The van der Waals surface area contributed by atoms with E-state index in [1.165, 1.54) is 6.33 Å². The molecule has 2 aromatic rings. The van der Waals surface area contributed by atoms with Crippen molar-refractivity contribution in [2.24, 2.45) is 12.0 Å². The Kier molecular flexibility index (Phi) is 6.30. The molecular formula is C16H23N7O. The molecule has 1 aromatic carbocycles. The van der Waals surface area contributed by atoms with Gasteiger partial charge in [-0.05, 0) is 24.6 Å². The first-order chi connectivity index (χ1) is 11.6. The van der Waals surface area contributed by atoms with Crippen LogP contribution in [0.4, 0.5) is 0 Å². The number of amides is 1. The third-order valence-corrected chi connectivity index (χ3v) is 3.40. The van der Waals surface area contributed by atoms with Crippen molar-refractivity contribution in [2.45, 2.75) is 20.0 Å². The zero-order valence-electron chi connectivity index (χ0n) is 14.2. The van der Waals surface area contributed by atoms with Gasteiger partial charge in [0.2, 0.25) is 0 Å². The van der Waals surface area contributed by atoms with Gasteiger partial charge in [0, 0.05) is 26.2 Å². The lowest BCUT2D eigenvalue weighted by atomic mass is 10.1. The minimum atomic E-state index is -0.104. The molecule has 1 amide bonds. The maximum atomic E-state index is 11.7. The number of nitrogens with one attached hydrogen (secondary N) is 3. The molecule has 0 spiro atoms. The predicted molar refractivity (Wildman–Crippen MR) is 92.5 cm³/mol. The number of guanidine groups is 1. The molecule has 0 aliphatic heterocycles. The SMILES string of the molecule is CCNC(=NCc1cccc(C(=O)NC)c1)NCc1ncnn1C. The molecule has 0 saturated carbocycles. The van der Waals surface area contributed by atoms with Crippen LogP contribution >= 0.6 is 0 Å². The summed E-state index contributed by atoms with van der Waals surface area (Å²) in [7, 11) is 3.46. The summed E-state index contributed by atoms with van der Waals surface area (Å²) in [4.78, 5) is 20.4. The van der Waals surface area contributed by atoms with Gasteiger partial charge < -0.3 is 16.0 Å². The third-order valence-electron chi connectivity index (χ3n) is 3.40. The number of benzene rings is 1. The first kappa shape index (κ1) is 17.5. The van der Waals surface area contributed by atoms with Crippen LogP contribution in [0.1, 0.15) is 28.7 Å². The number of aliphatic imine (C=N–C) groups is 1. The first-order valence-corrected chi connectivity index (χ1v) is 7.80. The van der Waals surface area contributed by atoms with E-state index in [2.05, 4.69) is 31.0 Å². The number of carbonyl (C=O) groups is 1. The van der Waals surface area contributed by atoms with Gasteiger partial charge in [0.15, 0.2) is 5.96 Å². The topological polar surface area (TPSA) is 96.2 Å². The third kappa shape index (κ3) is 4.80. The van der Waals surface area contributed by atoms with Crippen LogP contribution in [0.2, 0.25) is 0 Å². The van der Waals surface area contributed by atoms with Gasteiger partial charge in [-0.2, -0.15) is 5.10 Å². The van der Waals surface area contributed by atoms with Crippen molar-refractivity contribution in [3.05, 3.63) is 47.5 Å². The van der Waals surface area contributed by atoms with Crippen molar-refractivity contribution in [1.82, 2.24) is 30.7 Å². The van der Waals surface area contributed by atoms with Crippen LogP contribution < -0.4 is 16.0 Å². The fourth-order valence-corrected chi connectivity index (χ4v) is 2.11. The van der Waals surface area contributed by atoms with Crippen molar-refractivity contribution in [1.29, 1.82) is 0 Å². The summed E-state index contributed by atoms with van der Waals surface area (Å²) >= 11 is 0. The normalized spacial score (nSPS) is 11.2. The van der Waals surface area contributed by atoms with Crippen LogP contribution in [0.25, 0.3) is 0 Å². The molecule has 2 rings (SSSR count). The summed E-state index contributed by atoms with van der Waals surface area (Å²) in [6, 6.07) is 7.43. The number of nitrogens with zero attached hydrogens (tertiary/aromatic N) is 4. The Hall–Kier alpha value is -2.90. The Morgan fingerprint density at radius 3 is 2.83 bits per heavy atom. The lowest BCUT2D eigenvalue weighted by molar-refractivity contribution is 0.0963. The van der Waals surface area contributed by atoms with Crippen molar-refractivity contribution in [3.8, 4) is 0 Å². The van der Waals surface area contributed by atoms with Gasteiger partial charge in [-0.3, -0.25) is 9.48 Å². The summed E-state index contributed by atoms with van der Waals surface area (Å²) in [5, 5.41) is 13.1. The fourth-order valence-electron chi connectivity index (χ4n) is 2.11. The van der Waals surface area contributed by atoms with Gasteiger partial charge in [0.05, 0.1) is 13.1 Å². The van der Waals surface area contributed by atoms with E-state index in [1.807, 2.05) is 32.2 Å². The summed E-state index contributed by atoms with van der Waals surface area (Å²) in [5.41, 5.74) is 1.59. The molecule has 0 radical (unpaired) electrons. The molecule has 0 aliphatic rings. The zero-order valence-corrected chi connectivity index (χ0v) is 14.2. The largest absolute Gasteiger partial charge is 0.357 e. The fraction of sp³-hybridized carbons (Fsp3) is 0.375. The molecule has 0 saturated heterocycles. The molecule has 0 fully saturated rings. The molecule has 8 nitrogen and oxygen atoms in total. The molecule has 0 aliphatic carbocycles. The zero-order chi connectivity index (χ0) is 17.4. The van der Waals surface area contributed by atoms with Crippen LogP contribution in [0.5, 0.6) is 0 Å². The monoisotopic (exact) mass is 329 g/mol. The lowest BCUT2D eigenvalue weighted by Gasteiger charge is -2.11. The summed E-state index contributed by atoms with van der Waals surface area (Å²) in [6.45, 7) is 3.76. The summed E-state index contributed by atoms with van der Waals surface area (Å²) < 4.78 is 1.71. The average molecular weight is 329 g/mol. The molecule has 3 N–H and O–H groups in total. The number of hydrogen-bond donors (Lipinski definition) is 3. The Balaban J connectivity index is 2.02. The quantitative estimate of drug-likeness (QED) is 0.527. The smallest absolute Gasteiger partial charge is 0.251 e. The van der Waals surface area contributed by atoms with E-state index in [0.717, 1.165) is 17.9 Å². The summed E-state index contributed by atoms with van der Waals surface area (Å²) in [5.74, 6) is 1.40. The minimum absolute atomic E-state index is 0.104. The molecule has 24 heavy (non-hydrogen) atoms. The Morgan fingerprint density at radius 2 is 2.17 bits per heavy atom. The van der Waals surface area contributed by atoms with E-state index in [1.54, 1.807) is 17.8 Å². The van der Waals surface area contributed by atoms with E-state index < -0.39 is 0 Å². The molecule has 8 heteroatoms. The van der Waals surface area contributed by atoms with Crippen molar-refractivity contribution in [3.63, 3.8) is 0 Å². The van der Waals surface area contributed by atoms with Gasteiger partial charge in [-0.1, -0.05) is 12.1 Å². The highest BCUT2D eigenvalue weighted by molar-refractivity contribution is 5.94. The van der Waals surface area contributed by atoms with Crippen LogP contribution in [0, 0.1) is 0 Å². The molecule has 1 aromatic heterocycles. The highest BCUT2D eigenvalue weighted by Crippen LogP contribution is 2.06. The second-order valence-electron chi connectivity index (χ2n) is 5.13. The van der Waals surface area contributed by atoms with Gasteiger partial charge in [-0.15, -0.1) is 0 Å². The Labute approximate surface area is 141 Å². The highest BCUT2D eigenvalue weighted by Gasteiger charge is 2.05. The number of carbonyl (C=O) groups excluding carboxylic acids is 1. The summed E-state index contributed by atoms with van der Waals surface area (Å²) in [6.07, 6.45) is 1.52. The number of aryl methyl sites for hydroxylation is 1. The van der Waals surface area contributed by atoms with Crippen LogP contribution in [0.15, 0.2) is 35.6 Å². The van der Waals surface area contributed by atoms with Gasteiger partial charge >= 0.3 is 0 Å². The van der Waals surface area contributed by atoms with E-state index >= 15 is 0 Å². The number of aromatic nitrogens is 3. The molecule has 0 atom stereocenters. The van der Waals surface area contributed by atoms with Crippen molar-refractivity contribution < 1.29 is 4.79 Å². The van der Waals surface area contributed by atoms with E-state index in [4.69, 9.17) is 0 Å². The first-order valence-electron chi connectivity index (χ1n) is 7.80. The van der Waals surface area contributed by atoms with Crippen molar-refractivity contribution in [2.75, 3.05) is 13.6 Å². The maximum absolute atomic E-state index is 11.7. The van der Waals surface area contributed by atoms with Crippen LogP contribution in [-0.2, 0) is 20.1 Å². The standard InChI is InChI=1S/C16H23N7O/c1-4-18-16(20-10-14-21-11-22-23(14)3)19-9-12-6-5-7-13(8-12)15(24)17-2/h5-8,11H,4,9-10H2,1-3H3,(H,17,24)(H2,18,19,20). The molecule has 1 heterocycles. The van der Waals surface area contributed by atoms with Crippen LogP contribution in [-0.4, -0.2) is 40.2 Å². The van der Waals surface area contributed by atoms with E-state index in [0.29, 0.717) is 24.6 Å². The van der Waals surface area contributed by atoms with E-state index in [-0.39, 0.29) is 5.91 Å². The highest BCUT2D eigenvalue weighted by atomic mass is 16.1. The maximum Gasteiger partial charge on any atom is 0.251 e. The molecular weight excluding hydrogens is 306 g/mol. The molecule has 0 unspecified atom stereocenters. The molecule has 0 bridgehead atoms. The van der Waals surface area contributed by atoms with Gasteiger partial charge in [-0.25, -0.2) is 9.98 Å². The molecule has 128 valence electrons. The second-order valence-corrected chi connectivity index (χ2v) is 5.13. The van der Waals surface area contributed by atoms with Gasteiger partial charge in [0.1, 0.15) is 12.2 Å². The predicted octanol–water partition coefficient (Wildman–Crippen LogP) is 0.430. The van der Waals surface area contributed by atoms with Gasteiger partial charge in [0.25, 0.3) is 5.91 Å². The van der Waals surface area contributed by atoms with Crippen LogP contribution in [0.3, 0.4) is 0 Å².